The number of aryl methyl sites for hydroxylation is 1. The topological polar surface area (TPSA) is 90.2 Å². The quantitative estimate of drug-likeness (QED) is 0.277. The summed E-state index contributed by atoms with van der Waals surface area (Å²) >= 11 is 6.42. The highest BCUT2D eigenvalue weighted by atomic mass is 35.5. The normalized spacial score (nSPS) is 11.1. The van der Waals surface area contributed by atoms with Crippen LogP contribution in [0.1, 0.15) is 11.1 Å². The number of ether oxygens (including phenoxy) is 1. The van der Waals surface area contributed by atoms with Crippen molar-refractivity contribution in [3.63, 3.8) is 0 Å². The van der Waals surface area contributed by atoms with Gasteiger partial charge in [-0.2, -0.15) is 5.10 Å². The Bertz CT molecular complexity index is 1710. The van der Waals surface area contributed by atoms with Crippen LogP contribution in [0.2, 0.25) is 5.02 Å². The number of nitrogens with one attached hydrogen (secondary N) is 2. The van der Waals surface area contributed by atoms with E-state index in [-0.39, 0.29) is 5.56 Å². The third kappa shape index (κ3) is 4.91. The van der Waals surface area contributed by atoms with Gasteiger partial charge in [-0.1, -0.05) is 41.9 Å². The Hall–Kier alpha value is -4.40. The van der Waals surface area contributed by atoms with Crippen LogP contribution in [0.4, 0.5) is 16.3 Å². The van der Waals surface area contributed by atoms with Crippen molar-refractivity contribution in [3.05, 3.63) is 105 Å². The highest BCUT2D eigenvalue weighted by molar-refractivity contribution is 6.36. The summed E-state index contributed by atoms with van der Waals surface area (Å²) in [6, 6.07) is 21.7. The van der Waals surface area contributed by atoms with E-state index < -0.39 is 6.03 Å². The number of hydrogen-bond donors (Lipinski definition) is 2. The van der Waals surface area contributed by atoms with Gasteiger partial charge in [0.05, 0.1) is 23.7 Å². The van der Waals surface area contributed by atoms with Crippen LogP contribution in [0.3, 0.4) is 0 Å². The number of methoxy groups -OCH3 is 1. The molecule has 5 aromatic rings. The Morgan fingerprint density at radius 3 is 2.53 bits per heavy atom. The molecule has 0 radical (unpaired) electrons. The van der Waals surface area contributed by atoms with Crippen molar-refractivity contribution in [2.45, 2.75) is 13.5 Å². The summed E-state index contributed by atoms with van der Waals surface area (Å²) in [5, 5.41) is 13.0. The van der Waals surface area contributed by atoms with Gasteiger partial charge in [0, 0.05) is 53.3 Å². The Morgan fingerprint density at radius 1 is 1.00 bits per heavy atom. The summed E-state index contributed by atoms with van der Waals surface area (Å²) < 4.78 is 8.45. The molecule has 2 N–H and O–H groups in total. The Morgan fingerprint density at radius 2 is 1.79 bits per heavy atom. The zero-order valence-electron chi connectivity index (χ0n) is 21.2. The molecule has 3 aromatic carbocycles. The minimum Gasteiger partial charge on any atom is -0.380 e. The molecule has 192 valence electrons. The first kappa shape index (κ1) is 25.3. The first-order valence-corrected chi connectivity index (χ1v) is 12.3. The average molecular weight is 528 g/mol. The van der Waals surface area contributed by atoms with Crippen LogP contribution in [-0.2, 0) is 18.4 Å². The van der Waals surface area contributed by atoms with E-state index in [1.165, 1.54) is 10.6 Å². The van der Waals surface area contributed by atoms with Crippen molar-refractivity contribution in [1.82, 2.24) is 14.3 Å². The number of aromatic nitrogens is 3. The number of benzene rings is 3. The molecule has 0 spiro atoms. The summed E-state index contributed by atoms with van der Waals surface area (Å²) in [5.74, 6) is 0.510. The van der Waals surface area contributed by atoms with Crippen molar-refractivity contribution >= 4 is 39.9 Å². The Labute approximate surface area is 224 Å². The summed E-state index contributed by atoms with van der Waals surface area (Å²) in [7, 11) is 3.33. The van der Waals surface area contributed by atoms with Crippen LogP contribution in [0.5, 0.6) is 0 Å². The number of para-hydroxylation sites is 1. The predicted molar refractivity (Wildman–Crippen MR) is 151 cm³/mol. The minimum absolute atomic E-state index is 0.115. The van der Waals surface area contributed by atoms with Crippen LogP contribution in [0, 0.1) is 6.92 Å². The summed E-state index contributed by atoms with van der Waals surface area (Å²) in [6.45, 7) is 2.33. The molecule has 5 rings (SSSR count). The van der Waals surface area contributed by atoms with Crippen molar-refractivity contribution in [2.24, 2.45) is 7.05 Å². The molecule has 0 bridgehead atoms. The number of pyridine rings is 1. The number of amides is 2. The number of urea groups is 1. The largest absolute Gasteiger partial charge is 0.380 e. The Kier molecular flexibility index (Phi) is 7.00. The summed E-state index contributed by atoms with van der Waals surface area (Å²) in [6.07, 6.45) is 1.73. The third-order valence-electron chi connectivity index (χ3n) is 6.30. The number of anilines is 2. The zero-order chi connectivity index (χ0) is 26.8. The van der Waals surface area contributed by atoms with Crippen LogP contribution < -0.4 is 16.2 Å². The Balaban J connectivity index is 1.53. The second kappa shape index (κ2) is 10.5. The van der Waals surface area contributed by atoms with Crippen LogP contribution >= 0.6 is 11.6 Å². The monoisotopic (exact) mass is 527 g/mol. The molecule has 8 nitrogen and oxygen atoms in total. The molecule has 0 saturated heterocycles. The fourth-order valence-electron chi connectivity index (χ4n) is 4.39. The molecule has 2 heterocycles. The molecule has 0 aliphatic carbocycles. The lowest BCUT2D eigenvalue weighted by atomic mass is 10.1. The second-order valence-electron chi connectivity index (χ2n) is 8.92. The lowest BCUT2D eigenvalue weighted by Crippen LogP contribution is -2.22. The maximum absolute atomic E-state index is 13.3. The van der Waals surface area contributed by atoms with Gasteiger partial charge in [0.15, 0.2) is 0 Å². The molecular formula is C29H26ClN5O3. The maximum atomic E-state index is 13.3. The molecule has 2 aromatic heterocycles. The van der Waals surface area contributed by atoms with E-state index in [1.54, 1.807) is 43.2 Å². The molecule has 0 aliphatic rings. The van der Waals surface area contributed by atoms with Gasteiger partial charge in [-0.25, -0.2) is 9.48 Å². The van der Waals surface area contributed by atoms with Gasteiger partial charge >= 0.3 is 6.03 Å². The predicted octanol–water partition coefficient (Wildman–Crippen LogP) is 6.14. The van der Waals surface area contributed by atoms with E-state index in [9.17, 15) is 9.59 Å². The fraction of sp³-hybridized carbons (Fsp3) is 0.138. The van der Waals surface area contributed by atoms with Crippen molar-refractivity contribution in [1.29, 1.82) is 0 Å². The standard InChI is InChI=1S/C29H26ClN5O3/c1-18-27(20-10-14-26(36)34(2)16-20)33-35(21-7-5-4-6-8-21)28(18)32-29(37)31-25-13-12-24(30)22-11-9-19(17-38-3)15-23(22)25/h4-16H,17H2,1-3H3,(H2,31,32,37). The highest BCUT2D eigenvalue weighted by Crippen LogP contribution is 2.33. The number of halogens is 1. The lowest BCUT2D eigenvalue weighted by Gasteiger charge is -2.14. The number of carbonyl (C=O) groups excluding carboxylic acids is 1. The molecule has 0 unspecified atom stereocenters. The molecule has 38 heavy (non-hydrogen) atoms. The van der Waals surface area contributed by atoms with Gasteiger partial charge in [-0.05, 0) is 48.9 Å². The molecule has 0 saturated carbocycles. The molecule has 0 aliphatic heterocycles. The fourth-order valence-corrected chi connectivity index (χ4v) is 4.62. The van der Waals surface area contributed by atoms with Crippen LogP contribution in [0.25, 0.3) is 27.7 Å². The second-order valence-corrected chi connectivity index (χ2v) is 9.33. The first-order chi connectivity index (χ1) is 18.4. The molecule has 0 fully saturated rings. The molecule has 0 atom stereocenters. The average Bonchev–Trinajstić information content (AvgIpc) is 3.23. The maximum Gasteiger partial charge on any atom is 0.324 e. The third-order valence-corrected chi connectivity index (χ3v) is 6.63. The van der Waals surface area contributed by atoms with E-state index >= 15 is 0 Å². The first-order valence-electron chi connectivity index (χ1n) is 12.0. The number of hydrogen-bond acceptors (Lipinski definition) is 4. The van der Waals surface area contributed by atoms with Crippen molar-refractivity contribution in [3.8, 4) is 16.9 Å². The van der Waals surface area contributed by atoms with Gasteiger partial charge in [0.1, 0.15) is 5.82 Å². The van der Waals surface area contributed by atoms with Crippen LogP contribution in [-0.4, -0.2) is 27.5 Å². The van der Waals surface area contributed by atoms with Gasteiger partial charge in [0.2, 0.25) is 5.56 Å². The molecule has 9 heteroatoms. The summed E-state index contributed by atoms with van der Waals surface area (Å²) in [4.78, 5) is 25.3. The number of carbonyl (C=O) groups is 1. The van der Waals surface area contributed by atoms with Gasteiger partial charge in [-0.3, -0.25) is 10.1 Å². The van der Waals surface area contributed by atoms with Gasteiger partial charge in [-0.15, -0.1) is 0 Å². The number of nitrogens with zero attached hydrogens (tertiary/aromatic N) is 3. The SMILES string of the molecule is COCc1ccc2c(Cl)ccc(NC(=O)Nc3c(C)c(-c4ccc(=O)n(C)c4)nn3-c3ccccc3)c2c1. The lowest BCUT2D eigenvalue weighted by molar-refractivity contribution is 0.185. The molecular weight excluding hydrogens is 502 g/mol. The van der Waals surface area contributed by atoms with Crippen LogP contribution in [0.15, 0.2) is 83.8 Å². The van der Waals surface area contributed by atoms with E-state index in [0.29, 0.717) is 28.8 Å². The van der Waals surface area contributed by atoms with Gasteiger partial charge in [0.25, 0.3) is 0 Å². The minimum atomic E-state index is -0.432. The van der Waals surface area contributed by atoms with Crippen molar-refractivity contribution < 1.29 is 9.53 Å². The zero-order valence-corrected chi connectivity index (χ0v) is 21.9. The van der Waals surface area contributed by atoms with Crippen molar-refractivity contribution in [2.75, 3.05) is 17.7 Å². The van der Waals surface area contributed by atoms with E-state index in [4.69, 9.17) is 21.4 Å². The smallest absolute Gasteiger partial charge is 0.324 e. The van der Waals surface area contributed by atoms with E-state index in [1.807, 2.05) is 55.5 Å². The van der Waals surface area contributed by atoms with E-state index in [0.717, 1.165) is 33.2 Å². The van der Waals surface area contributed by atoms with E-state index in [2.05, 4.69) is 10.6 Å². The summed E-state index contributed by atoms with van der Waals surface area (Å²) in [5.41, 5.74) is 4.41. The number of rotatable bonds is 6. The molecule has 2 amide bonds. The number of fused-ring (bicyclic) bond motifs is 1. The highest BCUT2D eigenvalue weighted by Gasteiger charge is 2.20. The van der Waals surface area contributed by atoms with Gasteiger partial charge < -0.3 is 14.6 Å².